The lowest BCUT2D eigenvalue weighted by atomic mass is 10.1. The Morgan fingerprint density at radius 2 is 1.87 bits per heavy atom. The second kappa shape index (κ2) is 7.80. The predicted molar refractivity (Wildman–Crippen MR) is 68.7 cm³/mol. The molecular weight excluding hydrogens is 184 g/mol. The maximum absolute atomic E-state index is 5.19. The first-order valence-electron chi connectivity index (χ1n) is 5.23. The number of hydrogen-bond donors (Lipinski definition) is 1. The van der Waals surface area contributed by atoms with Crippen molar-refractivity contribution in [3.63, 3.8) is 0 Å². The summed E-state index contributed by atoms with van der Waals surface area (Å²) < 4.78 is 0. The van der Waals surface area contributed by atoms with Crippen molar-refractivity contribution in [1.29, 1.82) is 0 Å². The third-order valence-corrected chi connectivity index (χ3v) is 1.99. The molecule has 0 aliphatic rings. The Morgan fingerprint density at radius 3 is 2.47 bits per heavy atom. The number of allylic oxidation sites excluding steroid dienone is 1. The van der Waals surface area contributed by atoms with Crippen LogP contribution in [0.4, 0.5) is 5.69 Å². The highest BCUT2D eigenvalue weighted by Crippen LogP contribution is 2.20. The van der Waals surface area contributed by atoms with E-state index in [0.717, 1.165) is 5.69 Å². The Balaban J connectivity index is 0.000000921. The standard InChI is InChI=1S/C11H14N2.C2H6/c1-9-5-3-6-11(10(9)2)13-8-4-7-12;1-2/h3-8H,12H2,1-2H3;1-2H3/b7-4-,13-8?;. The van der Waals surface area contributed by atoms with Crippen LogP contribution in [0.1, 0.15) is 25.0 Å². The van der Waals surface area contributed by atoms with Gasteiger partial charge < -0.3 is 5.73 Å². The Labute approximate surface area is 92.5 Å². The summed E-state index contributed by atoms with van der Waals surface area (Å²) in [6.45, 7) is 8.14. The van der Waals surface area contributed by atoms with Crippen LogP contribution >= 0.6 is 0 Å². The molecule has 0 radical (unpaired) electrons. The molecule has 1 aromatic carbocycles. The van der Waals surface area contributed by atoms with Gasteiger partial charge in [-0.05, 0) is 43.3 Å². The van der Waals surface area contributed by atoms with Crippen LogP contribution in [0, 0.1) is 13.8 Å². The zero-order valence-corrected chi connectivity index (χ0v) is 9.99. The molecule has 2 nitrogen and oxygen atoms in total. The molecule has 15 heavy (non-hydrogen) atoms. The molecule has 2 heteroatoms. The van der Waals surface area contributed by atoms with Crippen molar-refractivity contribution in [2.75, 3.05) is 0 Å². The van der Waals surface area contributed by atoms with Gasteiger partial charge in [-0.25, -0.2) is 0 Å². The zero-order valence-electron chi connectivity index (χ0n) is 9.99. The lowest BCUT2D eigenvalue weighted by Crippen LogP contribution is -1.81. The van der Waals surface area contributed by atoms with Crippen LogP contribution in [0.25, 0.3) is 0 Å². The highest BCUT2D eigenvalue weighted by Gasteiger charge is 1.96. The first kappa shape index (κ1) is 13.4. The first-order chi connectivity index (χ1) is 7.25. The fraction of sp³-hybridized carbons (Fsp3) is 0.308. The van der Waals surface area contributed by atoms with Crippen LogP contribution in [0.15, 0.2) is 35.5 Å². The topological polar surface area (TPSA) is 38.4 Å². The molecule has 0 saturated heterocycles. The molecule has 82 valence electrons. The van der Waals surface area contributed by atoms with Gasteiger partial charge >= 0.3 is 0 Å². The predicted octanol–water partition coefficient (Wildman–Crippen LogP) is 3.50. The van der Waals surface area contributed by atoms with Crippen LogP contribution in [-0.4, -0.2) is 6.21 Å². The van der Waals surface area contributed by atoms with Gasteiger partial charge in [0.25, 0.3) is 0 Å². The van der Waals surface area contributed by atoms with E-state index in [0.29, 0.717) is 0 Å². The monoisotopic (exact) mass is 204 g/mol. The lowest BCUT2D eigenvalue weighted by molar-refractivity contribution is 1.31. The molecule has 0 aliphatic heterocycles. The SMILES string of the molecule is CC.Cc1cccc(N=C/C=C\N)c1C. The molecule has 0 atom stereocenters. The van der Waals surface area contributed by atoms with Gasteiger partial charge in [0.05, 0.1) is 5.69 Å². The van der Waals surface area contributed by atoms with Crippen molar-refractivity contribution in [1.82, 2.24) is 0 Å². The van der Waals surface area contributed by atoms with Crippen LogP contribution < -0.4 is 5.73 Å². The van der Waals surface area contributed by atoms with Gasteiger partial charge in [0, 0.05) is 6.21 Å². The average molecular weight is 204 g/mol. The average Bonchev–Trinajstić information content (AvgIpc) is 2.27. The van der Waals surface area contributed by atoms with E-state index in [9.17, 15) is 0 Å². The van der Waals surface area contributed by atoms with Crippen molar-refractivity contribution in [2.24, 2.45) is 10.7 Å². The quantitative estimate of drug-likeness (QED) is 0.736. The van der Waals surface area contributed by atoms with Crippen molar-refractivity contribution < 1.29 is 0 Å². The molecule has 0 unspecified atom stereocenters. The zero-order chi connectivity index (χ0) is 11.7. The second-order valence-electron chi connectivity index (χ2n) is 2.88. The highest BCUT2D eigenvalue weighted by molar-refractivity contribution is 5.75. The van der Waals surface area contributed by atoms with Gasteiger partial charge in [-0.2, -0.15) is 0 Å². The molecule has 0 spiro atoms. The van der Waals surface area contributed by atoms with Gasteiger partial charge in [-0.15, -0.1) is 0 Å². The number of benzene rings is 1. The van der Waals surface area contributed by atoms with E-state index < -0.39 is 0 Å². The van der Waals surface area contributed by atoms with E-state index in [1.165, 1.54) is 17.3 Å². The summed E-state index contributed by atoms with van der Waals surface area (Å²) in [5.74, 6) is 0. The fourth-order valence-corrected chi connectivity index (χ4v) is 1.05. The Morgan fingerprint density at radius 1 is 1.20 bits per heavy atom. The summed E-state index contributed by atoms with van der Waals surface area (Å²) in [5.41, 5.74) is 8.66. The van der Waals surface area contributed by atoms with Crippen molar-refractivity contribution >= 4 is 11.9 Å². The highest BCUT2D eigenvalue weighted by atomic mass is 14.7. The van der Waals surface area contributed by atoms with Crippen LogP contribution in [0.5, 0.6) is 0 Å². The van der Waals surface area contributed by atoms with Gasteiger partial charge in [0.15, 0.2) is 0 Å². The first-order valence-corrected chi connectivity index (χ1v) is 5.23. The number of aliphatic imine (C=N–C) groups is 1. The van der Waals surface area contributed by atoms with Crippen molar-refractivity contribution in [3.05, 3.63) is 41.6 Å². The van der Waals surface area contributed by atoms with Crippen molar-refractivity contribution in [2.45, 2.75) is 27.7 Å². The maximum atomic E-state index is 5.19. The molecule has 2 N–H and O–H groups in total. The molecule has 1 rings (SSSR count). The summed E-state index contributed by atoms with van der Waals surface area (Å²) in [7, 11) is 0. The summed E-state index contributed by atoms with van der Waals surface area (Å²) in [6.07, 6.45) is 4.87. The molecule has 0 fully saturated rings. The third-order valence-electron chi connectivity index (χ3n) is 1.99. The van der Waals surface area contributed by atoms with Crippen molar-refractivity contribution in [3.8, 4) is 0 Å². The minimum Gasteiger partial charge on any atom is -0.405 e. The molecule has 0 amide bonds. The summed E-state index contributed by atoms with van der Waals surface area (Å²) in [4.78, 5) is 4.26. The minimum atomic E-state index is 0.998. The van der Waals surface area contributed by atoms with E-state index in [1.807, 2.05) is 26.0 Å². The van der Waals surface area contributed by atoms with E-state index in [1.54, 1.807) is 12.3 Å². The molecule has 0 aromatic heterocycles. The molecule has 0 aliphatic carbocycles. The van der Waals surface area contributed by atoms with Crippen LogP contribution in [-0.2, 0) is 0 Å². The van der Waals surface area contributed by atoms with Gasteiger partial charge in [0.1, 0.15) is 0 Å². The third kappa shape index (κ3) is 4.45. The number of nitrogens with zero attached hydrogens (tertiary/aromatic N) is 1. The fourth-order valence-electron chi connectivity index (χ4n) is 1.05. The van der Waals surface area contributed by atoms with E-state index in [4.69, 9.17) is 5.73 Å². The number of rotatable bonds is 2. The maximum Gasteiger partial charge on any atom is 0.0661 e. The normalized spacial score (nSPS) is 10.4. The van der Waals surface area contributed by atoms with Crippen LogP contribution in [0.3, 0.4) is 0 Å². The van der Waals surface area contributed by atoms with Gasteiger partial charge in [0.2, 0.25) is 0 Å². The number of hydrogen-bond acceptors (Lipinski definition) is 2. The number of aryl methyl sites for hydroxylation is 1. The van der Waals surface area contributed by atoms with E-state index >= 15 is 0 Å². The smallest absolute Gasteiger partial charge is 0.0661 e. The van der Waals surface area contributed by atoms with E-state index in [2.05, 4.69) is 24.9 Å². The van der Waals surface area contributed by atoms with Gasteiger partial charge in [-0.1, -0.05) is 26.0 Å². The summed E-state index contributed by atoms with van der Waals surface area (Å²) in [5, 5.41) is 0. The molecule has 0 bridgehead atoms. The molecular formula is C13H20N2. The second-order valence-corrected chi connectivity index (χ2v) is 2.88. The van der Waals surface area contributed by atoms with Crippen LogP contribution in [0.2, 0.25) is 0 Å². The Bertz CT molecular complexity index is 338. The Hall–Kier alpha value is -1.57. The molecule has 0 heterocycles. The summed E-state index contributed by atoms with van der Waals surface area (Å²) in [6, 6.07) is 6.07. The van der Waals surface area contributed by atoms with Gasteiger partial charge in [-0.3, -0.25) is 4.99 Å². The number of nitrogens with two attached hydrogens (primary N) is 1. The minimum absolute atomic E-state index is 0.998. The van der Waals surface area contributed by atoms with E-state index in [-0.39, 0.29) is 0 Å². The largest absolute Gasteiger partial charge is 0.405 e. The lowest BCUT2D eigenvalue weighted by Gasteiger charge is -2.01. The molecule has 0 saturated carbocycles. The summed E-state index contributed by atoms with van der Waals surface area (Å²) >= 11 is 0. The Kier molecular flexibility index (Phi) is 6.98. The molecule has 1 aromatic rings.